The first-order valence-electron chi connectivity index (χ1n) is 11.1. The summed E-state index contributed by atoms with van der Waals surface area (Å²) >= 11 is 0. The summed E-state index contributed by atoms with van der Waals surface area (Å²) in [5.41, 5.74) is 25.6. The average Bonchev–Trinajstić information content (AvgIpc) is 2.74. The molecule has 0 radical (unpaired) electrons. The molecule has 4 rings (SSSR count). The summed E-state index contributed by atoms with van der Waals surface area (Å²) in [6.45, 7) is 0. The molecular weight excluding hydrogens is 376 g/mol. The summed E-state index contributed by atoms with van der Waals surface area (Å²) in [6, 6.07) is 10.9. The first-order chi connectivity index (χ1) is 14.5. The molecule has 164 valence electrons. The number of nitrogens with two attached hydrogens (primary N) is 4. The Morgan fingerprint density at radius 1 is 0.533 bits per heavy atom. The number of hydrogen-bond acceptors (Lipinski definition) is 6. The van der Waals surface area contributed by atoms with Crippen molar-refractivity contribution in [2.24, 2.45) is 0 Å². The molecule has 0 aromatic heterocycles. The fraction of sp³-hybridized carbons (Fsp3) is 0.500. The van der Waals surface area contributed by atoms with Crippen molar-refractivity contribution in [3.8, 4) is 11.5 Å². The molecule has 0 spiro atoms. The van der Waals surface area contributed by atoms with E-state index in [1.807, 2.05) is 24.3 Å². The highest BCUT2D eigenvalue weighted by molar-refractivity contribution is 5.61. The van der Waals surface area contributed by atoms with Gasteiger partial charge in [0.2, 0.25) is 0 Å². The highest BCUT2D eigenvalue weighted by Gasteiger charge is 2.16. The second kappa shape index (κ2) is 10.9. The van der Waals surface area contributed by atoms with Crippen LogP contribution < -0.4 is 32.4 Å². The van der Waals surface area contributed by atoms with Gasteiger partial charge < -0.3 is 32.4 Å². The van der Waals surface area contributed by atoms with Crippen LogP contribution in [0.1, 0.15) is 64.2 Å². The van der Waals surface area contributed by atoms with Crippen LogP contribution in [0.2, 0.25) is 0 Å². The topological polar surface area (TPSA) is 123 Å². The number of benzene rings is 2. The SMILES string of the molecule is Nc1ccc(OC2CCCCC2)c(N)c1.Nc1ccc(OC2CCCCC2)c(N)c1. The van der Waals surface area contributed by atoms with E-state index in [1.165, 1.54) is 38.5 Å². The third-order valence-corrected chi connectivity index (χ3v) is 5.76. The minimum Gasteiger partial charge on any atom is -0.488 e. The summed E-state index contributed by atoms with van der Waals surface area (Å²) in [4.78, 5) is 0. The van der Waals surface area contributed by atoms with Crippen LogP contribution >= 0.6 is 0 Å². The van der Waals surface area contributed by atoms with Crippen molar-refractivity contribution in [2.45, 2.75) is 76.4 Å². The maximum Gasteiger partial charge on any atom is 0.142 e. The van der Waals surface area contributed by atoms with Crippen LogP contribution in [0.5, 0.6) is 11.5 Å². The van der Waals surface area contributed by atoms with Gasteiger partial charge in [-0.3, -0.25) is 0 Å². The van der Waals surface area contributed by atoms with E-state index in [9.17, 15) is 0 Å². The lowest BCUT2D eigenvalue weighted by atomic mass is 9.98. The second-order valence-electron chi connectivity index (χ2n) is 8.35. The Kier molecular flexibility index (Phi) is 7.94. The van der Waals surface area contributed by atoms with Crippen LogP contribution in [0.25, 0.3) is 0 Å². The first kappa shape index (κ1) is 21.9. The van der Waals surface area contributed by atoms with Gasteiger partial charge in [0.05, 0.1) is 23.6 Å². The number of rotatable bonds is 4. The summed E-state index contributed by atoms with van der Waals surface area (Å²) in [5.74, 6) is 1.55. The van der Waals surface area contributed by atoms with Crippen molar-refractivity contribution in [3.63, 3.8) is 0 Å². The van der Waals surface area contributed by atoms with Crippen molar-refractivity contribution in [1.29, 1.82) is 0 Å². The molecule has 0 heterocycles. The molecule has 0 bridgehead atoms. The molecule has 30 heavy (non-hydrogen) atoms. The normalized spacial score (nSPS) is 17.6. The zero-order chi connectivity index (χ0) is 21.3. The summed E-state index contributed by atoms with van der Waals surface area (Å²) < 4.78 is 11.7. The van der Waals surface area contributed by atoms with Gasteiger partial charge in [-0.1, -0.05) is 12.8 Å². The predicted molar refractivity (Wildman–Crippen MR) is 126 cm³/mol. The van der Waals surface area contributed by atoms with Gasteiger partial charge in [0, 0.05) is 11.4 Å². The van der Waals surface area contributed by atoms with Gasteiger partial charge in [-0.05, 0) is 87.8 Å². The van der Waals surface area contributed by atoms with E-state index in [4.69, 9.17) is 32.4 Å². The van der Waals surface area contributed by atoms with E-state index < -0.39 is 0 Å². The lowest BCUT2D eigenvalue weighted by Gasteiger charge is -2.23. The Morgan fingerprint density at radius 3 is 1.23 bits per heavy atom. The van der Waals surface area contributed by atoms with Crippen LogP contribution in [-0.4, -0.2) is 12.2 Å². The Morgan fingerprint density at radius 2 is 0.900 bits per heavy atom. The number of nitrogen functional groups attached to an aromatic ring is 4. The van der Waals surface area contributed by atoms with Crippen molar-refractivity contribution in [3.05, 3.63) is 36.4 Å². The predicted octanol–water partition coefficient (Wildman–Crippen LogP) is 5.13. The van der Waals surface area contributed by atoms with Gasteiger partial charge in [0.1, 0.15) is 11.5 Å². The molecule has 0 saturated heterocycles. The maximum absolute atomic E-state index is 5.86. The van der Waals surface area contributed by atoms with Crippen molar-refractivity contribution < 1.29 is 9.47 Å². The van der Waals surface area contributed by atoms with E-state index in [2.05, 4.69) is 0 Å². The van der Waals surface area contributed by atoms with Crippen LogP contribution in [0, 0.1) is 0 Å². The Hall–Kier alpha value is -2.76. The molecule has 0 amide bonds. The molecule has 2 aliphatic carbocycles. The largest absolute Gasteiger partial charge is 0.488 e. The van der Waals surface area contributed by atoms with E-state index in [0.717, 1.165) is 37.2 Å². The van der Waals surface area contributed by atoms with E-state index >= 15 is 0 Å². The molecular formula is C24H36N4O2. The van der Waals surface area contributed by atoms with Crippen LogP contribution in [0.15, 0.2) is 36.4 Å². The minimum absolute atomic E-state index is 0.338. The van der Waals surface area contributed by atoms with E-state index in [-0.39, 0.29) is 0 Å². The third kappa shape index (κ3) is 6.65. The molecule has 2 aromatic carbocycles. The summed E-state index contributed by atoms with van der Waals surface area (Å²) in [7, 11) is 0. The van der Waals surface area contributed by atoms with E-state index in [0.29, 0.717) is 35.0 Å². The molecule has 2 saturated carbocycles. The standard InChI is InChI=1S/2C12H18N2O/c2*13-9-6-7-12(11(14)8-9)15-10-4-2-1-3-5-10/h2*6-8,10H,1-5,13-14H2. The minimum atomic E-state index is 0.338. The summed E-state index contributed by atoms with van der Waals surface area (Å²) in [6.07, 6.45) is 13.0. The van der Waals surface area contributed by atoms with Crippen LogP contribution in [0.3, 0.4) is 0 Å². The number of ether oxygens (including phenoxy) is 2. The first-order valence-corrected chi connectivity index (χ1v) is 11.1. The van der Waals surface area contributed by atoms with E-state index in [1.54, 1.807) is 12.1 Å². The van der Waals surface area contributed by atoms with Crippen molar-refractivity contribution >= 4 is 22.7 Å². The highest BCUT2D eigenvalue weighted by atomic mass is 16.5. The Bertz CT molecular complexity index is 732. The number of hydrogen-bond donors (Lipinski definition) is 4. The fourth-order valence-corrected chi connectivity index (χ4v) is 4.07. The Labute approximate surface area is 179 Å². The fourth-order valence-electron chi connectivity index (χ4n) is 4.07. The molecule has 0 unspecified atom stereocenters. The van der Waals surface area contributed by atoms with Gasteiger partial charge in [0.25, 0.3) is 0 Å². The van der Waals surface area contributed by atoms with Crippen LogP contribution in [-0.2, 0) is 0 Å². The van der Waals surface area contributed by atoms with Gasteiger partial charge in [-0.15, -0.1) is 0 Å². The molecule has 2 aromatic rings. The smallest absolute Gasteiger partial charge is 0.142 e. The maximum atomic E-state index is 5.86. The monoisotopic (exact) mass is 412 g/mol. The van der Waals surface area contributed by atoms with Gasteiger partial charge in [-0.2, -0.15) is 0 Å². The lowest BCUT2D eigenvalue weighted by Crippen LogP contribution is -2.20. The van der Waals surface area contributed by atoms with Gasteiger partial charge in [-0.25, -0.2) is 0 Å². The van der Waals surface area contributed by atoms with Gasteiger partial charge in [0.15, 0.2) is 0 Å². The quantitative estimate of drug-likeness (QED) is 0.517. The molecule has 8 N–H and O–H groups in total. The second-order valence-corrected chi connectivity index (χ2v) is 8.35. The average molecular weight is 413 g/mol. The molecule has 2 fully saturated rings. The molecule has 0 aliphatic heterocycles. The van der Waals surface area contributed by atoms with Crippen molar-refractivity contribution in [1.82, 2.24) is 0 Å². The zero-order valence-corrected chi connectivity index (χ0v) is 17.8. The zero-order valence-electron chi connectivity index (χ0n) is 17.8. The molecule has 6 heteroatoms. The number of anilines is 4. The summed E-state index contributed by atoms with van der Waals surface area (Å²) in [5, 5.41) is 0. The highest BCUT2D eigenvalue weighted by Crippen LogP contribution is 2.29. The molecule has 0 atom stereocenters. The molecule has 2 aliphatic rings. The third-order valence-electron chi connectivity index (χ3n) is 5.76. The molecule has 6 nitrogen and oxygen atoms in total. The van der Waals surface area contributed by atoms with Crippen molar-refractivity contribution in [2.75, 3.05) is 22.9 Å². The van der Waals surface area contributed by atoms with Gasteiger partial charge >= 0.3 is 0 Å². The Balaban J connectivity index is 0.000000171. The van der Waals surface area contributed by atoms with Crippen LogP contribution in [0.4, 0.5) is 22.7 Å². The lowest BCUT2D eigenvalue weighted by molar-refractivity contribution is 0.156.